The van der Waals surface area contributed by atoms with Crippen molar-refractivity contribution in [1.82, 2.24) is 10.2 Å². The maximum Gasteiger partial charge on any atom is 0.410 e. The molecule has 0 aromatic heterocycles. The van der Waals surface area contributed by atoms with Gasteiger partial charge in [-0.2, -0.15) is 0 Å². The van der Waals surface area contributed by atoms with Crippen molar-refractivity contribution in [3.8, 4) is 0 Å². The van der Waals surface area contributed by atoms with Gasteiger partial charge in [-0.05, 0) is 71.3 Å². The molecule has 1 N–H and O–H groups in total. The number of ether oxygens (including phenoxy) is 1. The van der Waals surface area contributed by atoms with Crippen molar-refractivity contribution < 1.29 is 9.53 Å². The van der Waals surface area contributed by atoms with Crippen molar-refractivity contribution in [2.24, 2.45) is 17.3 Å². The predicted octanol–water partition coefficient (Wildman–Crippen LogP) is 4.83. The number of piperidine rings is 1. The molecule has 0 radical (unpaired) electrons. The Morgan fingerprint density at radius 3 is 2.68 bits per heavy atom. The van der Waals surface area contributed by atoms with Gasteiger partial charge in [0.15, 0.2) is 0 Å². The number of carbonyl (C=O) groups excluding carboxylic acids is 1. The van der Waals surface area contributed by atoms with E-state index in [2.05, 4.69) is 19.2 Å². The first kappa shape index (κ1) is 20.5. The fraction of sp³-hybridized carbons (Fsp3) is 0.952. The smallest absolute Gasteiger partial charge is 0.410 e. The Hall–Kier alpha value is -0.770. The highest BCUT2D eigenvalue weighted by Crippen LogP contribution is 2.34. The average molecular weight is 353 g/mol. The quantitative estimate of drug-likeness (QED) is 0.770. The van der Waals surface area contributed by atoms with E-state index in [1.54, 1.807) is 0 Å². The van der Waals surface area contributed by atoms with Crippen LogP contribution in [0, 0.1) is 17.3 Å². The van der Waals surface area contributed by atoms with Gasteiger partial charge >= 0.3 is 6.09 Å². The Morgan fingerprint density at radius 1 is 1.28 bits per heavy atom. The van der Waals surface area contributed by atoms with Gasteiger partial charge in [0.2, 0.25) is 0 Å². The number of hydrogen-bond donors (Lipinski definition) is 1. The fourth-order valence-electron chi connectivity index (χ4n) is 4.53. The molecule has 4 heteroatoms. The summed E-state index contributed by atoms with van der Waals surface area (Å²) in [6.45, 7) is 14.3. The van der Waals surface area contributed by atoms with Gasteiger partial charge in [0.25, 0.3) is 0 Å². The minimum atomic E-state index is -0.417. The summed E-state index contributed by atoms with van der Waals surface area (Å²) in [7, 11) is 0. The highest BCUT2D eigenvalue weighted by Gasteiger charge is 2.37. The maximum absolute atomic E-state index is 12.5. The van der Waals surface area contributed by atoms with E-state index < -0.39 is 5.60 Å². The summed E-state index contributed by atoms with van der Waals surface area (Å²) in [6.07, 6.45) is 8.79. The van der Waals surface area contributed by atoms with Gasteiger partial charge in [0.05, 0.1) is 0 Å². The first-order valence-corrected chi connectivity index (χ1v) is 10.4. The SMILES string of the molecule is CCC1(CNCC2CCCC(C)C2)CCCN(C(=O)OC(C)(C)C)C1. The summed E-state index contributed by atoms with van der Waals surface area (Å²) in [6, 6.07) is 0. The van der Waals surface area contributed by atoms with Crippen LogP contribution in [-0.4, -0.2) is 42.8 Å². The summed E-state index contributed by atoms with van der Waals surface area (Å²) < 4.78 is 5.59. The minimum absolute atomic E-state index is 0.147. The molecule has 2 fully saturated rings. The molecule has 1 aliphatic carbocycles. The molecular weight excluding hydrogens is 312 g/mol. The van der Waals surface area contributed by atoms with Gasteiger partial charge in [-0.25, -0.2) is 4.79 Å². The molecule has 3 atom stereocenters. The maximum atomic E-state index is 12.5. The van der Waals surface area contributed by atoms with Crippen LogP contribution in [0.4, 0.5) is 4.79 Å². The van der Waals surface area contributed by atoms with Crippen LogP contribution in [0.5, 0.6) is 0 Å². The molecule has 0 aromatic carbocycles. The second-order valence-corrected chi connectivity index (χ2v) is 9.63. The monoisotopic (exact) mass is 352 g/mol. The standard InChI is InChI=1S/C21H40N2O2/c1-6-21(15-22-14-18-10-7-9-17(2)13-18)11-8-12-23(16-21)19(24)25-20(3,4)5/h17-18,22H,6-16H2,1-5H3. The van der Waals surface area contributed by atoms with Crippen LogP contribution < -0.4 is 5.32 Å². The molecule has 1 saturated heterocycles. The second-order valence-electron chi connectivity index (χ2n) is 9.63. The van der Waals surface area contributed by atoms with E-state index in [0.717, 1.165) is 50.9 Å². The molecule has 1 saturated carbocycles. The molecule has 2 rings (SSSR count). The zero-order chi connectivity index (χ0) is 18.5. The molecule has 0 aromatic rings. The molecule has 1 aliphatic heterocycles. The molecule has 4 nitrogen and oxygen atoms in total. The summed E-state index contributed by atoms with van der Waals surface area (Å²) in [4.78, 5) is 14.4. The van der Waals surface area contributed by atoms with Crippen molar-refractivity contribution in [2.45, 2.75) is 85.2 Å². The van der Waals surface area contributed by atoms with Crippen LogP contribution in [0.3, 0.4) is 0 Å². The molecule has 0 bridgehead atoms. The van der Waals surface area contributed by atoms with Crippen LogP contribution in [0.15, 0.2) is 0 Å². The second kappa shape index (κ2) is 8.75. The highest BCUT2D eigenvalue weighted by atomic mass is 16.6. The zero-order valence-corrected chi connectivity index (χ0v) is 17.2. The Morgan fingerprint density at radius 2 is 2.04 bits per heavy atom. The van der Waals surface area contributed by atoms with Crippen LogP contribution >= 0.6 is 0 Å². The number of hydrogen-bond acceptors (Lipinski definition) is 3. The summed E-state index contributed by atoms with van der Waals surface area (Å²) in [5, 5.41) is 3.77. The van der Waals surface area contributed by atoms with Gasteiger partial charge < -0.3 is 15.0 Å². The lowest BCUT2D eigenvalue weighted by atomic mass is 9.77. The third-order valence-electron chi connectivity index (χ3n) is 6.04. The Labute approximate surface area is 155 Å². The molecule has 3 unspecified atom stereocenters. The number of carbonyl (C=O) groups is 1. The predicted molar refractivity (Wildman–Crippen MR) is 104 cm³/mol. The average Bonchev–Trinajstić information content (AvgIpc) is 2.53. The van der Waals surface area contributed by atoms with Gasteiger partial charge in [-0.3, -0.25) is 0 Å². The van der Waals surface area contributed by atoms with E-state index in [9.17, 15) is 4.79 Å². The van der Waals surface area contributed by atoms with Crippen LogP contribution in [-0.2, 0) is 4.74 Å². The fourth-order valence-corrected chi connectivity index (χ4v) is 4.53. The number of nitrogens with one attached hydrogen (secondary N) is 1. The number of rotatable bonds is 5. The number of amides is 1. The Balaban J connectivity index is 1.84. The van der Waals surface area contributed by atoms with Crippen LogP contribution in [0.1, 0.15) is 79.6 Å². The lowest BCUT2D eigenvalue weighted by Gasteiger charge is -2.43. The van der Waals surface area contributed by atoms with Crippen molar-refractivity contribution in [1.29, 1.82) is 0 Å². The number of likely N-dealkylation sites (tertiary alicyclic amines) is 1. The molecule has 1 heterocycles. The Kier molecular flexibility index (Phi) is 7.19. The summed E-state index contributed by atoms with van der Waals surface area (Å²) in [5.74, 6) is 1.72. The third-order valence-corrected chi connectivity index (χ3v) is 6.04. The van der Waals surface area contributed by atoms with E-state index in [-0.39, 0.29) is 11.5 Å². The molecular formula is C21H40N2O2. The van der Waals surface area contributed by atoms with Gasteiger partial charge in [-0.15, -0.1) is 0 Å². The summed E-state index contributed by atoms with van der Waals surface area (Å²) >= 11 is 0. The van der Waals surface area contributed by atoms with Crippen LogP contribution in [0.25, 0.3) is 0 Å². The molecule has 146 valence electrons. The molecule has 0 spiro atoms. The first-order chi connectivity index (χ1) is 11.7. The van der Waals surface area contributed by atoms with E-state index in [1.807, 2.05) is 25.7 Å². The number of nitrogens with zero attached hydrogens (tertiary/aromatic N) is 1. The van der Waals surface area contributed by atoms with E-state index in [4.69, 9.17) is 4.74 Å². The van der Waals surface area contributed by atoms with Crippen molar-refractivity contribution in [3.63, 3.8) is 0 Å². The first-order valence-electron chi connectivity index (χ1n) is 10.4. The lowest BCUT2D eigenvalue weighted by Crippen LogP contribution is -2.51. The van der Waals surface area contributed by atoms with Crippen LogP contribution in [0.2, 0.25) is 0 Å². The van der Waals surface area contributed by atoms with Gasteiger partial charge in [-0.1, -0.05) is 26.7 Å². The highest BCUT2D eigenvalue weighted by molar-refractivity contribution is 5.68. The largest absolute Gasteiger partial charge is 0.444 e. The Bertz CT molecular complexity index is 432. The summed E-state index contributed by atoms with van der Waals surface area (Å²) in [5.41, 5.74) is -0.214. The molecule has 1 amide bonds. The molecule has 2 aliphatic rings. The van der Waals surface area contributed by atoms with Crippen molar-refractivity contribution >= 4 is 6.09 Å². The van der Waals surface area contributed by atoms with E-state index in [1.165, 1.54) is 32.1 Å². The van der Waals surface area contributed by atoms with Gasteiger partial charge in [0, 0.05) is 25.0 Å². The van der Waals surface area contributed by atoms with Crippen molar-refractivity contribution in [2.75, 3.05) is 26.2 Å². The molecule has 25 heavy (non-hydrogen) atoms. The third kappa shape index (κ3) is 6.47. The van der Waals surface area contributed by atoms with E-state index >= 15 is 0 Å². The van der Waals surface area contributed by atoms with Crippen molar-refractivity contribution in [3.05, 3.63) is 0 Å². The topological polar surface area (TPSA) is 41.6 Å². The zero-order valence-electron chi connectivity index (χ0n) is 17.2. The minimum Gasteiger partial charge on any atom is -0.444 e. The van der Waals surface area contributed by atoms with E-state index in [0.29, 0.717) is 0 Å². The normalized spacial score (nSPS) is 31.0. The lowest BCUT2D eigenvalue weighted by molar-refractivity contribution is 0.00316. The van der Waals surface area contributed by atoms with Gasteiger partial charge in [0.1, 0.15) is 5.60 Å².